The Balaban J connectivity index is 1.70. The summed E-state index contributed by atoms with van der Waals surface area (Å²) in [6.45, 7) is 5.58. The Kier molecular flexibility index (Phi) is 25.6. The molecule has 0 fully saturated rings. The Hall–Kier alpha value is -4.30. The predicted molar refractivity (Wildman–Crippen MR) is 230 cm³/mol. The first-order chi connectivity index (χ1) is 27.2. The molecule has 1 heterocycles. The topological polar surface area (TPSA) is 163 Å². The molecule has 0 aliphatic carbocycles. The number of ether oxygens (including phenoxy) is 1. The number of benzene rings is 1. The zero-order valence-corrected chi connectivity index (χ0v) is 34.6. The van der Waals surface area contributed by atoms with Gasteiger partial charge in [-0.1, -0.05) is 137 Å². The second-order valence-corrected chi connectivity index (χ2v) is 16.2. The Morgan fingerprint density at radius 1 is 0.875 bits per heavy atom. The van der Waals surface area contributed by atoms with Gasteiger partial charge in [-0.05, 0) is 58.8 Å². The zero-order chi connectivity index (χ0) is 40.7. The fourth-order valence-electron chi connectivity index (χ4n) is 4.71. The molecule has 0 saturated carbocycles. The SMILES string of the molecule is CC/C=C\C/C=C\C/C=C\C/C=C\C/C=C\C/C=C\CCC(=O)NCCSSC(C)(C)[C@@H](CNC(=O)OC[C@@H](O)CO)NC(=O)c1cc(-c2ccccc2)on1. The van der Waals surface area contributed by atoms with Crippen molar-refractivity contribution in [3.8, 4) is 11.3 Å². The number of carbonyl (C=O) groups excluding carboxylic acids is 3. The fourth-order valence-corrected chi connectivity index (χ4v) is 7.30. The molecule has 0 aliphatic heterocycles. The van der Waals surface area contributed by atoms with E-state index in [9.17, 15) is 19.5 Å². The van der Waals surface area contributed by atoms with E-state index in [1.165, 1.54) is 21.6 Å². The maximum atomic E-state index is 13.3. The number of amides is 3. The van der Waals surface area contributed by atoms with Crippen molar-refractivity contribution in [2.24, 2.45) is 0 Å². The maximum absolute atomic E-state index is 13.3. The summed E-state index contributed by atoms with van der Waals surface area (Å²) in [5.74, 6) is 0.569. The summed E-state index contributed by atoms with van der Waals surface area (Å²) >= 11 is 0. The summed E-state index contributed by atoms with van der Waals surface area (Å²) in [5.41, 5.74) is 0.862. The van der Waals surface area contributed by atoms with E-state index in [1.54, 1.807) is 6.07 Å². The molecule has 11 nitrogen and oxygen atoms in total. The van der Waals surface area contributed by atoms with Crippen LogP contribution >= 0.6 is 21.6 Å². The van der Waals surface area contributed by atoms with Crippen molar-refractivity contribution in [1.82, 2.24) is 21.1 Å². The minimum Gasteiger partial charge on any atom is -0.447 e. The van der Waals surface area contributed by atoms with Gasteiger partial charge >= 0.3 is 6.09 Å². The van der Waals surface area contributed by atoms with Gasteiger partial charge in [0.25, 0.3) is 5.91 Å². The van der Waals surface area contributed by atoms with Gasteiger partial charge in [0.05, 0.1) is 12.6 Å². The molecule has 0 bridgehead atoms. The molecule has 2 rings (SSSR count). The first kappa shape index (κ1) is 47.9. The molecule has 306 valence electrons. The molecule has 0 spiro atoms. The van der Waals surface area contributed by atoms with E-state index in [0.717, 1.165) is 44.1 Å². The van der Waals surface area contributed by atoms with Crippen LogP contribution in [-0.2, 0) is 9.53 Å². The summed E-state index contributed by atoms with van der Waals surface area (Å²) in [6.07, 6.45) is 30.7. The number of rotatable bonds is 28. The average molecular weight is 809 g/mol. The van der Waals surface area contributed by atoms with Gasteiger partial charge in [-0.2, -0.15) is 0 Å². The third kappa shape index (κ3) is 22.3. The van der Waals surface area contributed by atoms with Gasteiger partial charge in [0, 0.05) is 41.6 Å². The smallest absolute Gasteiger partial charge is 0.407 e. The number of hydrogen-bond donors (Lipinski definition) is 5. The van der Waals surface area contributed by atoms with Crippen molar-refractivity contribution in [2.45, 2.75) is 89.0 Å². The van der Waals surface area contributed by atoms with E-state index < -0.39 is 35.5 Å². The van der Waals surface area contributed by atoms with E-state index in [-0.39, 0.29) is 24.8 Å². The monoisotopic (exact) mass is 808 g/mol. The fraction of sp³-hybridized carbons (Fsp3) is 0.442. The van der Waals surface area contributed by atoms with Gasteiger partial charge < -0.3 is 35.4 Å². The lowest BCUT2D eigenvalue weighted by molar-refractivity contribution is -0.120. The molecular weight excluding hydrogens is 749 g/mol. The number of aliphatic hydroxyl groups excluding tert-OH is 2. The summed E-state index contributed by atoms with van der Waals surface area (Å²) in [5, 5.41) is 30.9. The molecule has 0 radical (unpaired) electrons. The molecule has 1 aromatic carbocycles. The molecule has 3 amide bonds. The van der Waals surface area contributed by atoms with Crippen LogP contribution in [0.15, 0.2) is 114 Å². The van der Waals surface area contributed by atoms with Crippen molar-refractivity contribution in [2.75, 3.05) is 32.1 Å². The second kappa shape index (κ2) is 29.9. The molecule has 1 aromatic heterocycles. The van der Waals surface area contributed by atoms with Gasteiger partial charge in [0.1, 0.15) is 12.7 Å². The molecular formula is C43H60N4O7S2. The van der Waals surface area contributed by atoms with Crippen LogP contribution in [0.5, 0.6) is 0 Å². The first-order valence-corrected chi connectivity index (χ1v) is 21.5. The highest BCUT2D eigenvalue weighted by Crippen LogP contribution is 2.38. The van der Waals surface area contributed by atoms with Gasteiger partial charge in [-0.25, -0.2) is 4.79 Å². The standard InChI is InChI=1S/C43H60N4O7S2/c1-4-5-6-7-8-9-10-11-12-13-14-15-16-17-18-19-20-21-25-28-40(50)44-29-30-55-56-43(2,3)39(32-45-42(52)53-34-36(49)33-48)46-41(51)37-31-38(54-47-37)35-26-23-22-24-27-35/h5-6,8-9,11-12,14-15,17-18,20-24,26-27,31,36,39,48-49H,4,7,10,13,16,19,25,28-30,32-34H2,1-3H3,(H,44,50)(H,45,52)(H,46,51)/b6-5-,9-8-,12-11-,15-14-,18-17-,21-20-/t36-,39+/m0/s1. The summed E-state index contributed by atoms with van der Waals surface area (Å²) in [4.78, 5) is 37.9. The van der Waals surface area contributed by atoms with Gasteiger partial charge in [-0.15, -0.1) is 0 Å². The number of alkyl carbamates (subject to hydrolysis) is 1. The number of carbonyl (C=O) groups is 3. The molecule has 0 unspecified atom stereocenters. The van der Waals surface area contributed by atoms with Crippen LogP contribution in [0.1, 0.15) is 82.6 Å². The number of nitrogens with one attached hydrogen (secondary N) is 3. The van der Waals surface area contributed by atoms with E-state index in [2.05, 4.69) is 94.9 Å². The van der Waals surface area contributed by atoms with Crippen LogP contribution < -0.4 is 16.0 Å². The Morgan fingerprint density at radius 2 is 1.46 bits per heavy atom. The average Bonchev–Trinajstić information content (AvgIpc) is 3.70. The van der Waals surface area contributed by atoms with E-state index in [1.807, 2.05) is 50.3 Å². The van der Waals surface area contributed by atoms with Gasteiger partial charge in [-0.3, -0.25) is 9.59 Å². The molecule has 2 aromatic rings. The highest BCUT2D eigenvalue weighted by atomic mass is 33.1. The normalized spacial score (nSPS) is 13.4. The largest absolute Gasteiger partial charge is 0.447 e. The number of allylic oxidation sites excluding steroid dienone is 12. The molecule has 0 saturated heterocycles. The van der Waals surface area contributed by atoms with Crippen LogP contribution in [0, 0.1) is 0 Å². The third-order valence-corrected chi connectivity index (χ3v) is 11.3. The lowest BCUT2D eigenvalue weighted by atomic mass is 10.0. The van der Waals surface area contributed by atoms with Crippen molar-refractivity contribution >= 4 is 39.5 Å². The van der Waals surface area contributed by atoms with Gasteiger partial charge in [0.2, 0.25) is 5.91 Å². The van der Waals surface area contributed by atoms with Gasteiger partial charge in [0.15, 0.2) is 11.5 Å². The van der Waals surface area contributed by atoms with Crippen LogP contribution in [0.25, 0.3) is 11.3 Å². The Morgan fingerprint density at radius 3 is 2.05 bits per heavy atom. The number of aromatic nitrogens is 1. The van der Waals surface area contributed by atoms with Crippen molar-refractivity contribution in [3.63, 3.8) is 0 Å². The van der Waals surface area contributed by atoms with Crippen molar-refractivity contribution < 1.29 is 33.9 Å². The van der Waals surface area contributed by atoms with E-state index >= 15 is 0 Å². The molecule has 0 aliphatic rings. The van der Waals surface area contributed by atoms with Crippen LogP contribution in [0.4, 0.5) is 4.79 Å². The highest BCUT2D eigenvalue weighted by Gasteiger charge is 2.33. The van der Waals surface area contributed by atoms with E-state index in [0.29, 0.717) is 30.9 Å². The molecule has 13 heteroatoms. The molecule has 5 N–H and O–H groups in total. The minimum absolute atomic E-state index is 0.00901. The number of hydrogen-bond acceptors (Lipinski definition) is 10. The Bertz CT molecular complexity index is 1590. The molecule has 56 heavy (non-hydrogen) atoms. The van der Waals surface area contributed by atoms with E-state index in [4.69, 9.17) is 14.4 Å². The zero-order valence-electron chi connectivity index (χ0n) is 32.9. The first-order valence-electron chi connectivity index (χ1n) is 19.2. The minimum atomic E-state index is -1.19. The van der Waals surface area contributed by atoms with Crippen LogP contribution in [0.2, 0.25) is 0 Å². The number of nitrogens with zero attached hydrogens (tertiary/aromatic N) is 1. The third-order valence-electron chi connectivity index (χ3n) is 7.93. The highest BCUT2D eigenvalue weighted by molar-refractivity contribution is 8.77. The maximum Gasteiger partial charge on any atom is 0.407 e. The molecule has 2 atom stereocenters. The second-order valence-electron chi connectivity index (χ2n) is 13.1. The summed E-state index contributed by atoms with van der Waals surface area (Å²) in [7, 11) is 3.04. The lowest BCUT2D eigenvalue weighted by Crippen LogP contribution is -2.53. The van der Waals surface area contributed by atoms with Crippen LogP contribution in [-0.4, -0.2) is 82.2 Å². The lowest BCUT2D eigenvalue weighted by Gasteiger charge is -2.33. The Labute approximate surface area is 340 Å². The predicted octanol–water partition coefficient (Wildman–Crippen LogP) is 8.27. The van der Waals surface area contributed by atoms with Crippen molar-refractivity contribution in [1.29, 1.82) is 0 Å². The van der Waals surface area contributed by atoms with Crippen molar-refractivity contribution in [3.05, 3.63) is 115 Å². The number of aliphatic hydroxyl groups is 2. The van der Waals surface area contributed by atoms with Crippen LogP contribution in [0.3, 0.4) is 0 Å². The quantitative estimate of drug-likeness (QED) is 0.0321. The summed E-state index contributed by atoms with van der Waals surface area (Å²) in [6, 6.07) is 10.3. The summed E-state index contributed by atoms with van der Waals surface area (Å²) < 4.78 is 9.75.